The van der Waals surface area contributed by atoms with Crippen LogP contribution in [-0.4, -0.2) is 39.2 Å². The minimum absolute atomic E-state index is 0.0311. The predicted octanol–water partition coefficient (Wildman–Crippen LogP) is 3.51. The van der Waals surface area contributed by atoms with Gasteiger partial charge < -0.3 is 15.3 Å². The molecule has 6 nitrogen and oxygen atoms in total. The zero-order valence-electron chi connectivity index (χ0n) is 14.7. The zero-order valence-corrected chi connectivity index (χ0v) is 14.7. The van der Waals surface area contributed by atoms with Crippen molar-refractivity contribution >= 4 is 11.9 Å². The summed E-state index contributed by atoms with van der Waals surface area (Å²) in [5, 5.41) is 22.0. The molecule has 26 heavy (non-hydrogen) atoms. The van der Waals surface area contributed by atoms with Gasteiger partial charge >= 0.3 is 6.09 Å². The average molecular weight is 350 g/mol. The number of nitrogens with zero attached hydrogens (tertiary/aromatic N) is 3. The molecule has 0 spiro atoms. The van der Waals surface area contributed by atoms with Gasteiger partial charge in [-0.25, -0.2) is 9.78 Å². The summed E-state index contributed by atoms with van der Waals surface area (Å²) in [5.74, 6) is 0.603. The van der Waals surface area contributed by atoms with Gasteiger partial charge in [-0.3, -0.25) is 0 Å². The highest BCUT2D eigenvalue weighted by Crippen LogP contribution is 2.32. The number of piperidine rings is 1. The number of nitrogens with one attached hydrogen (secondary N) is 1. The van der Waals surface area contributed by atoms with Crippen LogP contribution in [0.1, 0.15) is 30.9 Å². The quantitative estimate of drug-likeness (QED) is 0.881. The van der Waals surface area contributed by atoms with E-state index in [0.717, 1.165) is 18.4 Å². The van der Waals surface area contributed by atoms with Crippen molar-refractivity contribution < 1.29 is 9.90 Å². The average Bonchev–Trinajstić information content (AvgIpc) is 2.64. The molecule has 1 fully saturated rings. The summed E-state index contributed by atoms with van der Waals surface area (Å²) >= 11 is 0. The summed E-state index contributed by atoms with van der Waals surface area (Å²) in [6, 6.07) is 15.4. The minimum atomic E-state index is -0.909. The maximum absolute atomic E-state index is 11.9. The van der Waals surface area contributed by atoms with Crippen molar-refractivity contribution in [1.82, 2.24) is 9.88 Å². The van der Waals surface area contributed by atoms with Gasteiger partial charge in [0, 0.05) is 24.3 Å². The molecule has 3 rings (SSSR count). The molecule has 0 radical (unpaired) electrons. The van der Waals surface area contributed by atoms with E-state index in [4.69, 9.17) is 5.26 Å². The third-order valence-corrected chi connectivity index (χ3v) is 4.99. The number of amides is 1. The molecule has 2 aromatic rings. The van der Waals surface area contributed by atoms with Crippen molar-refractivity contribution in [3.05, 3.63) is 59.8 Å². The molecular weight excluding hydrogens is 328 g/mol. The van der Waals surface area contributed by atoms with Crippen LogP contribution in [0.5, 0.6) is 0 Å². The zero-order chi connectivity index (χ0) is 18.6. The van der Waals surface area contributed by atoms with E-state index in [2.05, 4.69) is 16.4 Å². The molecular formula is C20H22N4O2. The van der Waals surface area contributed by atoms with E-state index in [1.807, 2.05) is 37.3 Å². The molecule has 1 aliphatic rings. The van der Waals surface area contributed by atoms with Crippen LogP contribution >= 0.6 is 0 Å². The van der Waals surface area contributed by atoms with Crippen LogP contribution in [0.2, 0.25) is 0 Å². The molecule has 6 heteroatoms. The first-order chi connectivity index (χ1) is 12.5. The Balaban J connectivity index is 1.73. The van der Waals surface area contributed by atoms with Crippen LogP contribution in [0.25, 0.3) is 0 Å². The summed E-state index contributed by atoms with van der Waals surface area (Å²) < 4.78 is 0. The van der Waals surface area contributed by atoms with Crippen LogP contribution in [-0.2, 0) is 6.42 Å². The molecule has 2 atom stereocenters. The van der Waals surface area contributed by atoms with Gasteiger partial charge in [0.25, 0.3) is 0 Å². The van der Waals surface area contributed by atoms with Crippen LogP contribution in [0, 0.1) is 11.3 Å². The standard InChI is InChI=1S/C20H22N4O2/c1-20(12-15-5-3-2-4-6-15)9-7-17(14-24(20)19(25)26)23-18-11-16(13-21)8-10-22-18/h2-6,8,10-11,17H,7,9,12,14H2,1H3,(H,22,23)(H,25,26)/t17-,20-/m1/s1. The summed E-state index contributed by atoms with van der Waals surface area (Å²) in [4.78, 5) is 17.7. The van der Waals surface area contributed by atoms with Crippen LogP contribution in [0.4, 0.5) is 10.6 Å². The Morgan fingerprint density at radius 2 is 2.19 bits per heavy atom. The van der Waals surface area contributed by atoms with Crippen molar-refractivity contribution in [2.45, 2.75) is 37.8 Å². The van der Waals surface area contributed by atoms with Gasteiger partial charge in [-0.05, 0) is 43.9 Å². The lowest BCUT2D eigenvalue weighted by atomic mass is 9.81. The highest BCUT2D eigenvalue weighted by atomic mass is 16.4. The minimum Gasteiger partial charge on any atom is -0.465 e. The van der Waals surface area contributed by atoms with E-state index in [1.165, 1.54) is 4.90 Å². The smallest absolute Gasteiger partial charge is 0.407 e. The summed E-state index contributed by atoms with van der Waals surface area (Å²) in [5.41, 5.74) is 1.23. The van der Waals surface area contributed by atoms with Crippen molar-refractivity contribution in [2.75, 3.05) is 11.9 Å². The van der Waals surface area contributed by atoms with Gasteiger partial charge in [0.05, 0.1) is 11.6 Å². The fraction of sp³-hybridized carbons (Fsp3) is 0.350. The molecule has 1 aromatic heterocycles. The first-order valence-corrected chi connectivity index (χ1v) is 8.67. The third kappa shape index (κ3) is 3.94. The van der Waals surface area contributed by atoms with Crippen molar-refractivity contribution in [3.63, 3.8) is 0 Å². The number of anilines is 1. The Hall–Kier alpha value is -3.07. The largest absolute Gasteiger partial charge is 0.465 e. The normalized spacial score (nSPS) is 22.5. The number of pyridine rings is 1. The maximum atomic E-state index is 11.9. The van der Waals surface area contributed by atoms with Crippen molar-refractivity contribution in [1.29, 1.82) is 5.26 Å². The number of nitriles is 1. The number of rotatable bonds is 4. The molecule has 1 saturated heterocycles. The molecule has 1 amide bonds. The number of hydrogen-bond donors (Lipinski definition) is 2. The highest BCUT2D eigenvalue weighted by Gasteiger charge is 2.41. The van der Waals surface area contributed by atoms with Crippen LogP contribution in [0.15, 0.2) is 48.7 Å². The number of hydrogen-bond acceptors (Lipinski definition) is 4. The molecule has 2 N–H and O–H groups in total. The lowest BCUT2D eigenvalue weighted by molar-refractivity contribution is 0.0532. The fourth-order valence-corrected chi connectivity index (χ4v) is 3.59. The van der Waals surface area contributed by atoms with Crippen LogP contribution < -0.4 is 5.32 Å². The van der Waals surface area contributed by atoms with Crippen molar-refractivity contribution in [3.8, 4) is 6.07 Å². The Morgan fingerprint density at radius 1 is 1.42 bits per heavy atom. The number of carboxylic acid groups (broad SMARTS) is 1. The number of benzene rings is 1. The topological polar surface area (TPSA) is 89.3 Å². The Labute approximate surface area is 153 Å². The molecule has 2 heterocycles. The Bertz CT molecular complexity index is 818. The maximum Gasteiger partial charge on any atom is 0.407 e. The molecule has 0 unspecified atom stereocenters. The second-order valence-electron chi connectivity index (χ2n) is 6.97. The van der Waals surface area contributed by atoms with Gasteiger partial charge in [0.1, 0.15) is 5.82 Å². The third-order valence-electron chi connectivity index (χ3n) is 4.99. The molecule has 1 aliphatic heterocycles. The molecule has 1 aromatic carbocycles. The van der Waals surface area contributed by atoms with E-state index >= 15 is 0 Å². The Morgan fingerprint density at radius 3 is 2.88 bits per heavy atom. The molecule has 134 valence electrons. The van der Waals surface area contributed by atoms with E-state index in [1.54, 1.807) is 18.3 Å². The lowest BCUT2D eigenvalue weighted by Crippen LogP contribution is -2.58. The predicted molar refractivity (Wildman–Crippen MR) is 98.9 cm³/mol. The van der Waals surface area contributed by atoms with Crippen LogP contribution in [0.3, 0.4) is 0 Å². The molecule has 0 saturated carbocycles. The number of carbonyl (C=O) groups is 1. The monoisotopic (exact) mass is 350 g/mol. The SMILES string of the molecule is C[C@]1(Cc2ccccc2)CC[C@@H](Nc2cc(C#N)ccn2)CN1C(=O)O. The first kappa shape index (κ1) is 17.7. The lowest BCUT2D eigenvalue weighted by Gasteiger charge is -2.46. The van der Waals surface area contributed by atoms with E-state index in [-0.39, 0.29) is 6.04 Å². The van der Waals surface area contributed by atoms with Gasteiger partial charge in [-0.2, -0.15) is 5.26 Å². The summed E-state index contributed by atoms with van der Waals surface area (Å²) in [7, 11) is 0. The molecule has 0 bridgehead atoms. The molecule has 0 aliphatic carbocycles. The second kappa shape index (κ2) is 7.44. The van der Waals surface area contributed by atoms with E-state index in [0.29, 0.717) is 24.3 Å². The van der Waals surface area contributed by atoms with E-state index in [9.17, 15) is 9.90 Å². The number of likely N-dealkylation sites (tertiary alicyclic amines) is 1. The fourth-order valence-electron chi connectivity index (χ4n) is 3.59. The van der Waals surface area contributed by atoms with Gasteiger partial charge in [0.2, 0.25) is 0 Å². The van der Waals surface area contributed by atoms with Gasteiger partial charge in [0.15, 0.2) is 0 Å². The second-order valence-corrected chi connectivity index (χ2v) is 6.97. The van der Waals surface area contributed by atoms with Crippen molar-refractivity contribution in [2.24, 2.45) is 0 Å². The highest BCUT2D eigenvalue weighted by molar-refractivity contribution is 5.66. The summed E-state index contributed by atoms with van der Waals surface area (Å²) in [6.45, 7) is 2.40. The number of aromatic nitrogens is 1. The Kier molecular flexibility index (Phi) is 5.08. The van der Waals surface area contributed by atoms with Gasteiger partial charge in [-0.1, -0.05) is 30.3 Å². The summed E-state index contributed by atoms with van der Waals surface area (Å²) in [6.07, 6.45) is 2.96. The van der Waals surface area contributed by atoms with Gasteiger partial charge in [-0.15, -0.1) is 0 Å². The first-order valence-electron chi connectivity index (χ1n) is 8.67. The van der Waals surface area contributed by atoms with E-state index < -0.39 is 11.6 Å².